The van der Waals surface area contributed by atoms with Crippen LogP contribution in [0.4, 0.5) is 10.6 Å². The Morgan fingerprint density at radius 2 is 1.96 bits per heavy atom. The van der Waals surface area contributed by atoms with Crippen LogP contribution in [0.25, 0.3) is 0 Å². The monoisotopic (exact) mass is 376 g/mol. The van der Waals surface area contributed by atoms with E-state index in [0.29, 0.717) is 25.2 Å². The molecule has 0 radical (unpaired) electrons. The van der Waals surface area contributed by atoms with Crippen molar-refractivity contribution in [2.45, 2.75) is 52.6 Å². The molecule has 1 saturated heterocycles. The van der Waals surface area contributed by atoms with Gasteiger partial charge in [-0.25, -0.2) is 9.78 Å². The van der Waals surface area contributed by atoms with Gasteiger partial charge in [0, 0.05) is 38.9 Å². The fraction of sp³-hybridized carbons (Fsp3) is 0.650. The number of carbonyl (C=O) groups is 2. The van der Waals surface area contributed by atoms with Crippen LogP contribution in [0.2, 0.25) is 0 Å². The lowest BCUT2D eigenvalue weighted by Crippen LogP contribution is -2.41. The van der Waals surface area contributed by atoms with Crippen molar-refractivity contribution in [3.63, 3.8) is 0 Å². The first-order chi connectivity index (χ1) is 12.8. The van der Waals surface area contributed by atoms with Crippen molar-refractivity contribution in [3.05, 3.63) is 23.9 Å². The van der Waals surface area contributed by atoms with Crippen molar-refractivity contribution in [1.29, 1.82) is 0 Å². The third-order valence-electron chi connectivity index (χ3n) is 4.39. The lowest BCUT2D eigenvalue weighted by Gasteiger charge is -2.29. The number of hydrogen-bond acceptors (Lipinski definition) is 5. The first-order valence-corrected chi connectivity index (χ1v) is 9.78. The van der Waals surface area contributed by atoms with Gasteiger partial charge >= 0.3 is 6.09 Å². The van der Waals surface area contributed by atoms with Gasteiger partial charge in [-0.05, 0) is 59.1 Å². The van der Waals surface area contributed by atoms with Crippen molar-refractivity contribution in [1.82, 2.24) is 15.2 Å². The molecule has 1 fully saturated rings. The molecule has 2 amide bonds. The number of ether oxygens (including phenoxy) is 1. The molecule has 150 valence electrons. The molecule has 0 bridgehead atoms. The maximum absolute atomic E-state index is 12.7. The van der Waals surface area contributed by atoms with Crippen molar-refractivity contribution < 1.29 is 14.3 Å². The Morgan fingerprint density at radius 3 is 2.59 bits per heavy atom. The number of nitrogens with one attached hydrogen (secondary N) is 1. The van der Waals surface area contributed by atoms with E-state index >= 15 is 0 Å². The van der Waals surface area contributed by atoms with Gasteiger partial charge in [0.05, 0.1) is 5.56 Å². The molecule has 1 N–H and O–H groups in total. The molecule has 7 heteroatoms. The number of carbonyl (C=O) groups excluding carboxylic acids is 2. The molecule has 0 unspecified atom stereocenters. The molecule has 2 rings (SSSR count). The molecule has 0 aromatic carbocycles. The lowest BCUT2D eigenvalue weighted by atomic mass is 10.1. The molecule has 7 nitrogen and oxygen atoms in total. The number of anilines is 1. The standard InChI is InChI=1S/C20H32N4O3/c1-5-23(19(26)27-20(2,3)4)15-12-22-18(25)16-10-9-11-21-17(16)24-13-7-6-8-14-24/h9-11H,5-8,12-15H2,1-4H3,(H,22,25). The molecule has 0 saturated carbocycles. The number of likely N-dealkylation sites (N-methyl/N-ethyl adjacent to an activating group) is 1. The highest BCUT2D eigenvalue weighted by Gasteiger charge is 2.22. The van der Waals surface area contributed by atoms with Crippen LogP contribution in [0.1, 0.15) is 57.3 Å². The van der Waals surface area contributed by atoms with Crippen molar-refractivity contribution >= 4 is 17.8 Å². The van der Waals surface area contributed by atoms with E-state index in [4.69, 9.17) is 4.74 Å². The van der Waals surface area contributed by atoms with Gasteiger partial charge in [0.1, 0.15) is 11.4 Å². The first-order valence-electron chi connectivity index (χ1n) is 9.78. The summed E-state index contributed by atoms with van der Waals surface area (Å²) in [7, 11) is 0. The number of hydrogen-bond donors (Lipinski definition) is 1. The summed E-state index contributed by atoms with van der Waals surface area (Å²) in [4.78, 5) is 33.0. The van der Waals surface area contributed by atoms with E-state index in [1.807, 2.05) is 27.7 Å². The van der Waals surface area contributed by atoms with Gasteiger partial charge in [0.15, 0.2) is 0 Å². The van der Waals surface area contributed by atoms with Crippen LogP contribution < -0.4 is 10.2 Å². The maximum Gasteiger partial charge on any atom is 0.410 e. The second kappa shape index (κ2) is 9.58. The van der Waals surface area contributed by atoms with E-state index in [0.717, 1.165) is 31.7 Å². The number of amides is 2. The van der Waals surface area contributed by atoms with Gasteiger partial charge in [-0.3, -0.25) is 4.79 Å². The summed E-state index contributed by atoms with van der Waals surface area (Å²) < 4.78 is 5.39. The second-order valence-electron chi connectivity index (χ2n) is 7.74. The van der Waals surface area contributed by atoms with Crippen molar-refractivity contribution in [2.75, 3.05) is 37.6 Å². The Morgan fingerprint density at radius 1 is 1.26 bits per heavy atom. The third-order valence-corrected chi connectivity index (χ3v) is 4.39. The summed E-state index contributed by atoms with van der Waals surface area (Å²) in [5.74, 6) is 0.582. The van der Waals surface area contributed by atoms with Crippen LogP contribution in [-0.2, 0) is 4.74 Å². The SMILES string of the molecule is CCN(CCNC(=O)c1cccnc1N1CCCCC1)C(=O)OC(C)(C)C. The summed E-state index contributed by atoms with van der Waals surface area (Å²) >= 11 is 0. The van der Waals surface area contributed by atoms with Gasteiger partial charge in [-0.2, -0.15) is 0 Å². The molecule has 1 aromatic rings. The molecule has 27 heavy (non-hydrogen) atoms. The first kappa shape index (κ1) is 21.0. The van der Waals surface area contributed by atoms with Crippen LogP contribution >= 0.6 is 0 Å². The quantitative estimate of drug-likeness (QED) is 0.826. The third kappa shape index (κ3) is 6.41. The Balaban J connectivity index is 1.93. The van der Waals surface area contributed by atoms with E-state index < -0.39 is 5.60 Å². The van der Waals surface area contributed by atoms with Crippen LogP contribution in [0.3, 0.4) is 0 Å². The number of pyridine rings is 1. The molecule has 1 aromatic heterocycles. The van der Waals surface area contributed by atoms with Crippen molar-refractivity contribution in [2.24, 2.45) is 0 Å². The topological polar surface area (TPSA) is 74.8 Å². The van der Waals surface area contributed by atoms with Crippen LogP contribution in [0.15, 0.2) is 18.3 Å². The zero-order valence-corrected chi connectivity index (χ0v) is 17.0. The zero-order chi connectivity index (χ0) is 19.9. The number of aromatic nitrogens is 1. The fourth-order valence-corrected chi connectivity index (χ4v) is 3.04. The van der Waals surface area contributed by atoms with E-state index in [-0.39, 0.29) is 12.0 Å². The molecular weight excluding hydrogens is 344 g/mol. The summed E-state index contributed by atoms with van der Waals surface area (Å²) in [6.07, 6.45) is 4.83. The smallest absolute Gasteiger partial charge is 0.410 e. The minimum absolute atomic E-state index is 0.163. The van der Waals surface area contributed by atoms with Crippen LogP contribution in [-0.4, -0.2) is 60.2 Å². The highest BCUT2D eigenvalue weighted by atomic mass is 16.6. The summed E-state index contributed by atoms with van der Waals surface area (Å²) in [5.41, 5.74) is 0.0482. The zero-order valence-electron chi connectivity index (χ0n) is 17.0. The predicted octanol–water partition coefficient (Wildman–Crippen LogP) is 3.06. The van der Waals surface area contributed by atoms with Crippen molar-refractivity contribution in [3.8, 4) is 0 Å². The van der Waals surface area contributed by atoms with Gasteiger partial charge in [0.2, 0.25) is 0 Å². The van der Waals surface area contributed by atoms with Gasteiger partial charge in [-0.1, -0.05) is 0 Å². The predicted molar refractivity (Wildman–Crippen MR) is 106 cm³/mol. The van der Waals surface area contributed by atoms with E-state index in [1.165, 1.54) is 6.42 Å². The Kier molecular flexibility index (Phi) is 7.45. The van der Waals surface area contributed by atoms with Gasteiger partial charge < -0.3 is 19.9 Å². The average molecular weight is 377 g/mol. The van der Waals surface area contributed by atoms with E-state index in [2.05, 4.69) is 15.2 Å². The molecule has 0 aliphatic carbocycles. The summed E-state index contributed by atoms with van der Waals surface area (Å²) in [5, 5.41) is 2.91. The number of piperidine rings is 1. The van der Waals surface area contributed by atoms with Gasteiger partial charge in [0.25, 0.3) is 5.91 Å². The van der Waals surface area contributed by atoms with Crippen LogP contribution in [0, 0.1) is 0 Å². The summed E-state index contributed by atoms with van der Waals surface area (Å²) in [6.45, 7) is 10.6. The lowest BCUT2D eigenvalue weighted by molar-refractivity contribution is 0.0261. The Hall–Kier alpha value is -2.31. The molecular formula is C20H32N4O3. The molecule has 1 aliphatic heterocycles. The maximum atomic E-state index is 12.7. The molecule has 0 spiro atoms. The Bertz CT molecular complexity index is 636. The fourth-order valence-electron chi connectivity index (χ4n) is 3.04. The average Bonchev–Trinajstić information content (AvgIpc) is 2.64. The highest BCUT2D eigenvalue weighted by Crippen LogP contribution is 2.21. The largest absolute Gasteiger partial charge is 0.444 e. The number of nitrogens with zero attached hydrogens (tertiary/aromatic N) is 3. The normalized spacial score (nSPS) is 14.6. The van der Waals surface area contributed by atoms with E-state index in [1.54, 1.807) is 23.2 Å². The van der Waals surface area contributed by atoms with E-state index in [9.17, 15) is 9.59 Å². The Labute approximate surface area is 162 Å². The summed E-state index contributed by atoms with van der Waals surface area (Å²) in [6, 6.07) is 3.58. The van der Waals surface area contributed by atoms with Gasteiger partial charge in [-0.15, -0.1) is 0 Å². The highest BCUT2D eigenvalue weighted by molar-refractivity contribution is 5.98. The molecule has 2 heterocycles. The van der Waals surface area contributed by atoms with Crippen LogP contribution in [0.5, 0.6) is 0 Å². The second-order valence-corrected chi connectivity index (χ2v) is 7.74. The molecule has 1 aliphatic rings. The molecule has 0 atom stereocenters. The number of rotatable bonds is 6. The minimum Gasteiger partial charge on any atom is -0.444 e. The minimum atomic E-state index is -0.535.